The minimum absolute atomic E-state index is 0.566. The lowest BCUT2D eigenvalue weighted by Crippen LogP contribution is -2.37. The highest BCUT2D eigenvalue weighted by Crippen LogP contribution is 2.63. The first-order valence-electron chi connectivity index (χ1n) is 17.6. The summed E-state index contributed by atoms with van der Waals surface area (Å²) in [4.78, 5) is 2.50. The fourth-order valence-corrected chi connectivity index (χ4v) is 8.90. The zero-order valence-corrected chi connectivity index (χ0v) is 27.8. The molecule has 51 heavy (non-hydrogen) atoms. The first kappa shape index (κ1) is 28.2. The predicted octanol–water partition coefficient (Wildman–Crippen LogP) is 12.8. The highest BCUT2D eigenvalue weighted by molar-refractivity contribution is 6.14. The predicted molar refractivity (Wildman–Crippen MR) is 212 cm³/mol. The van der Waals surface area contributed by atoms with Gasteiger partial charge < -0.3 is 9.32 Å². The maximum Gasteiger partial charge on any atom is 0.136 e. The molecule has 11 rings (SSSR count). The second kappa shape index (κ2) is 10.7. The number of benzene rings is 6. The Labute approximate surface area is 296 Å². The van der Waals surface area contributed by atoms with Crippen LogP contribution in [0.15, 0.2) is 197 Å². The molecule has 1 unspecified atom stereocenters. The summed E-state index contributed by atoms with van der Waals surface area (Å²) in [6.45, 7) is 0. The standard InChI is InChI=1S/C49H31NO/c1-2-16-34(17-3-1)50(44-24-10-8-20-39(44)40-22-12-26-46-48(40)41-21-9-11-25-45(41)51-46)47-28-27-38-36-19-7-5-15-33(36)31-43(38)49(47)29-13-23-37-35-18-6-4-14-32(35)30-42(37)49/h1-31H. The number of para-hydroxylation sites is 3. The molecule has 0 radical (unpaired) electrons. The van der Waals surface area contributed by atoms with Crippen LogP contribution < -0.4 is 4.90 Å². The summed E-state index contributed by atoms with van der Waals surface area (Å²) in [5.41, 5.74) is 17.2. The number of fused-ring (bicyclic) bond motifs is 11. The van der Waals surface area contributed by atoms with Gasteiger partial charge in [-0.1, -0.05) is 140 Å². The molecule has 1 spiro atoms. The molecule has 0 fully saturated rings. The van der Waals surface area contributed by atoms with E-state index in [1.165, 1.54) is 50.2 Å². The minimum atomic E-state index is -0.566. The van der Waals surface area contributed by atoms with Crippen LogP contribution in [0, 0.1) is 5.41 Å². The smallest absolute Gasteiger partial charge is 0.136 e. The van der Waals surface area contributed by atoms with E-state index in [1.54, 1.807) is 0 Å². The SMILES string of the molecule is C1=CC2(C3=Cc4ccccc4C3=C1)C1=Cc3ccccc3C1=CC=C2N(c1ccccc1)c1ccccc1-c1cccc2oc3ccccc3c12. The Balaban J connectivity index is 1.21. The van der Waals surface area contributed by atoms with Crippen LogP contribution in [0.4, 0.5) is 11.4 Å². The lowest BCUT2D eigenvalue weighted by molar-refractivity contribution is 0.669. The molecule has 0 aliphatic heterocycles. The van der Waals surface area contributed by atoms with E-state index in [2.05, 4.69) is 187 Å². The molecular weight excluding hydrogens is 619 g/mol. The fraction of sp³-hybridized carbons (Fsp3) is 0.0204. The van der Waals surface area contributed by atoms with Crippen LogP contribution in [-0.4, -0.2) is 0 Å². The van der Waals surface area contributed by atoms with Gasteiger partial charge in [0.05, 0.1) is 11.1 Å². The molecule has 0 bridgehead atoms. The Morgan fingerprint density at radius 1 is 0.471 bits per heavy atom. The van der Waals surface area contributed by atoms with Crippen molar-refractivity contribution in [3.8, 4) is 11.1 Å². The van der Waals surface area contributed by atoms with Crippen molar-refractivity contribution >= 4 is 56.6 Å². The van der Waals surface area contributed by atoms with Gasteiger partial charge in [0.25, 0.3) is 0 Å². The second-order valence-electron chi connectivity index (χ2n) is 13.6. The van der Waals surface area contributed by atoms with E-state index < -0.39 is 5.41 Å². The molecule has 6 aromatic carbocycles. The van der Waals surface area contributed by atoms with Gasteiger partial charge in [0.2, 0.25) is 0 Å². The van der Waals surface area contributed by atoms with Crippen LogP contribution in [0.2, 0.25) is 0 Å². The normalized spacial score (nSPS) is 18.0. The average Bonchev–Trinajstić information content (AvgIpc) is 3.89. The van der Waals surface area contributed by atoms with E-state index in [4.69, 9.17) is 4.42 Å². The zero-order chi connectivity index (χ0) is 33.5. The molecule has 0 saturated carbocycles. The van der Waals surface area contributed by atoms with Gasteiger partial charge in [-0.15, -0.1) is 0 Å². The number of rotatable bonds is 4. The van der Waals surface area contributed by atoms with Gasteiger partial charge in [0.1, 0.15) is 11.2 Å². The largest absolute Gasteiger partial charge is 0.456 e. The summed E-state index contributed by atoms with van der Waals surface area (Å²) in [5, 5.41) is 2.26. The van der Waals surface area contributed by atoms with Crippen molar-refractivity contribution in [2.24, 2.45) is 5.41 Å². The monoisotopic (exact) mass is 649 g/mol. The Morgan fingerprint density at radius 2 is 1.08 bits per heavy atom. The first-order valence-corrected chi connectivity index (χ1v) is 17.6. The Morgan fingerprint density at radius 3 is 1.86 bits per heavy atom. The van der Waals surface area contributed by atoms with Crippen LogP contribution in [0.25, 0.3) is 56.4 Å². The molecule has 2 heteroatoms. The molecule has 0 N–H and O–H groups in total. The van der Waals surface area contributed by atoms with Gasteiger partial charge in [0, 0.05) is 27.7 Å². The summed E-state index contributed by atoms with van der Waals surface area (Å²) in [6.07, 6.45) is 16.6. The van der Waals surface area contributed by atoms with E-state index in [1.807, 2.05) is 6.07 Å². The van der Waals surface area contributed by atoms with Crippen molar-refractivity contribution < 1.29 is 4.42 Å². The number of allylic oxidation sites excluding steroid dienone is 7. The third-order valence-electron chi connectivity index (χ3n) is 11.0. The highest BCUT2D eigenvalue weighted by Gasteiger charge is 2.50. The average molecular weight is 650 g/mol. The summed E-state index contributed by atoms with van der Waals surface area (Å²) in [7, 11) is 0. The maximum atomic E-state index is 6.40. The van der Waals surface area contributed by atoms with Crippen LogP contribution in [-0.2, 0) is 0 Å². The fourth-order valence-electron chi connectivity index (χ4n) is 8.90. The van der Waals surface area contributed by atoms with Gasteiger partial charge in [-0.2, -0.15) is 0 Å². The van der Waals surface area contributed by atoms with Crippen LogP contribution in [0.1, 0.15) is 22.3 Å². The number of anilines is 2. The van der Waals surface area contributed by atoms with Gasteiger partial charge in [-0.3, -0.25) is 0 Å². The molecule has 4 aliphatic rings. The first-order chi connectivity index (χ1) is 25.3. The van der Waals surface area contributed by atoms with Crippen molar-refractivity contribution in [2.75, 3.05) is 4.90 Å². The number of hydrogen-bond acceptors (Lipinski definition) is 2. The van der Waals surface area contributed by atoms with Crippen molar-refractivity contribution in [3.05, 3.63) is 215 Å². The summed E-state index contributed by atoms with van der Waals surface area (Å²) in [6, 6.07) is 52.1. The van der Waals surface area contributed by atoms with E-state index in [0.29, 0.717) is 0 Å². The number of nitrogens with zero attached hydrogens (tertiary/aromatic N) is 1. The summed E-state index contributed by atoms with van der Waals surface area (Å²) in [5.74, 6) is 0. The van der Waals surface area contributed by atoms with Crippen LogP contribution in [0.5, 0.6) is 0 Å². The van der Waals surface area contributed by atoms with Gasteiger partial charge >= 0.3 is 0 Å². The summed E-state index contributed by atoms with van der Waals surface area (Å²) >= 11 is 0. The Hall–Kier alpha value is -6.64. The molecule has 1 aromatic heterocycles. The lowest BCUT2D eigenvalue weighted by atomic mass is 9.63. The molecule has 1 atom stereocenters. The molecule has 238 valence electrons. The Bertz CT molecular complexity index is 2780. The van der Waals surface area contributed by atoms with Crippen molar-refractivity contribution in [1.82, 2.24) is 0 Å². The Kier molecular flexibility index (Phi) is 5.91. The molecule has 7 aromatic rings. The number of furan rings is 1. The van der Waals surface area contributed by atoms with Gasteiger partial charge in [-0.05, 0) is 98.7 Å². The molecule has 4 aliphatic carbocycles. The van der Waals surface area contributed by atoms with E-state index in [9.17, 15) is 0 Å². The highest BCUT2D eigenvalue weighted by atomic mass is 16.3. The molecular formula is C49H31NO. The van der Waals surface area contributed by atoms with E-state index in [0.717, 1.165) is 44.4 Å². The zero-order valence-electron chi connectivity index (χ0n) is 27.8. The quantitative estimate of drug-likeness (QED) is 0.189. The van der Waals surface area contributed by atoms with Crippen LogP contribution in [0.3, 0.4) is 0 Å². The van der Waals surface area contributed by atoms with E-state index >= 15 is 0 Å². The maximum absolute atomic E-state index is 6.40. The van der Waals surface area contributed by atoms with Crippen molar-refractivity contribution in [2.45, 2.75) is 0 Å². The van der Waals surface area contributed by atoms with E-state index in [-0.39, 0.29) is 0 Å². The van der Waals surface area contributed by atoms with Crippen molar-refractivity contribution in [3.63, 3.8) is 0 Å². The molecule has 0 amide bonds. The van der Waals surface area contributed by atoms with Crippen LogP contribution >= 0.6 is 0 Å². The van der Waals surface area contributed by atoms with Gasteiger partial charge in [0.15, 0.2) is 0 Å². The lowest BCUT2D eigenvalue weighted by Gasteiger charge is -2.46. The number of hydrogen-bond donors (Lipinski definition) is 0. The molecule has 1 heterocycles. The topological polar surface area (TPSA) is 16.4 Å². The summed E-state index contributed by atoms with van der Waals surface area (Å²) < 4.78 is 6.40. The van der Waals surface area contributed by atoms with Gasteiger partial charge in [-0.25, -0.2) is 0 Å². The van der Waals surface area contributed by atoms with Crippen molar-refractivity contribution in [1.29, 1.82) is 0 Å². The second-order valence-corrected chi connectivity index (χ2v) is 13.6. The minimum Gasteiger partial charge on any atom is -0.456 e. The third kappa shape index (κ3) is 3.93. The third-order valence-corrected chi connectivity index (χ3v) is 11.0. The molecule has 0 saturated heterocycles. The molecule has 2 nitrogen and oxygen atoms in total.